The number of rotatable bonds is 15. The van der Waals surface area contributed by atoms with Crippen molar-refractivity contribution >= 4 is 84.8 Å². The molecular weight excluding hydrogens is 637 g/mol. The molecule has 42 heavy (non-hydrogen) atoms. The molecule has 0 N–H and O–H groups in total. The molecular formula is C32H44N2O2S6. The van der Waals surface area contributed by atoms with Crippen molar-refractivity contribution in [3.8, 4) is 0 Å². The van der Waals surface area contributed by atoms with Crippen LogP contribution in [0.15, 0.2) is 32.0 Å². The summed E-state index contributed by atoms with van der Waals surface area (Å²) in [5.41, 5.74) is 2.62. The first-order chi connectivity index (χ1) is 19.8. The number of aromatic nitrogens is 2. The third-order valence-corrected chi connectivity index (χ3v) is 12.6. The Kier molecular flexibility index (Phi) is 12.0. The topological polar surface area (TPSA) is 44.0 Å². The summed E-state index contributed by atoms with van der Waals surface area (Å²) in [6.45, 7) is 10.5. The molecule has 4 heterocycles. The zero-order valence-corrected chi connectivity index (χ0v) is 30.3. The predicted molar refractivity (Wildman–Crippen MR) is 188 cm³/mol. The molecule has 4 rings (SSSR count). The SMILES string of the molecule is CC(C)(CCC(=O)CCC(=O)CCC(C)(C)CCn1c(S)c2c(cc1=S)SCC2)CCn1c(S)c2c(cc1=S)SCC2. The van der Waals surface area contributed by atoms with Crippen molar-refractivity contribution in [2.75, 3.05) is 11.5 Å². The van der Waals surface area contributed by atoms with Gasteiger partial charge in [-0.3, -0.25) is 9.59 Å². The Bertz CT molecular complexity index is 1350. The van der Waals surface area contributed by atoms with Crippen molar-refractivity contribution in [1.82, 2.24) is 9.13 Å². The van der Waals surface area contributed by atoms with Gasteiger partial charge >= 0.3 is 0 Å². The predicted octanol–water partition coefficient (Wildman–Crippen LogP) is 9.63. The molecule has 0 amide bonds. The maximum Gasteiger partial charge on any atom is 0.133 e. The number of carbonyl (C=O) groups is 2. The average Bonchev–Trinajstić information content (AvgIpc) is 3.59. The highest BCUT2D eigenvalue weighted by atomic mass is 32.2. The van der Waals surface area contributed by atoms with E-state index in [-0.39, 0.29) is 22.4 Å². The minimum atomic E-state index is -0.000105. The van der Waals surface area contributed by atoms with Crippen LogP contribution in [0.1, 0.15) is 90.2 Å². The fourth-order valence-corrected chi connectivity index (χ4v) is 9.66. The van der Waals surface area contributed by atoms with Gasteiger partial charge in [-0.2, -0.15) is 0 Å². The van der Waals surface area contributed by atoms with Gasteiger partial charge in [-0.25, -0.2) is 0 Å². The fourth-order valence-electron chi connectivity index (χ4n) is 5.56. The van der Waals surface area contributed by atoms with E-state index in [1.54, 1.807) is 0 Å². The smallest absolute Gasteiger partial charge is 0.133 e. The number of hydrogen-bond acceptors (Lipinski definition) is 8. The van der Waals surface area contributed by atoms with E-state index < -0.39 is 0 Å². The second-order valence-electron chi connectivity index (χ2n) is 13.2. The van der Waals surface area contributed by atoms with E-state index in [2.05, 4.69) is 49.0 Å². The number of ketones is 2. The van der Waals surface area contributed by atoms with Crippen LogP contribution in [0.2, 0.25) is 0 Å². The zero-order chi connectivity index (χ0) is 30.7. The van der Waals surface area contributed by atoms with Crippen LogP contribution >= 0.6 is 73.2 Å². The van der Waals surface area contributed by atoms with E-state index in [1.807, 2.05) is 23.5 Å². The van der Waals surface area contributed by atoms with Gasteiger partial charge in [0.05, 0.1) is 10.1 Å². The van der Waals surface area contributed by atoms with Crippen molar-refractivity contribution in [2.24, 2.45) is 10.8 Å². The highest BCUT2D eigenvalue weighted by molar-refractivity contribution is 8.00. The number of nitrogens with zero attached hydrogens (tertiary/aromatic N) is 2. The Morgan fingerprint density at radius 1 is 0.714 bits per heavy atom. The van der Waals surface area contributed by atoms with Gasteiger partial charge in [0.2, 0.25) is 0 Å². The van der Waals surface area contributed by atoms with Gasteiger partial charge in [0, 0.05) is 60.1 Å². The molecule has 2 aromatic rings. The number of carbonyl (C=O) groups excluding carboxylic acids is 2. The van der Waals surface area contributed by atoms with Crippen LogP contribution in [-0.4, -0.2) is 32.2 Å². The van der Waals surface area contributed by atoms with E-state index in [9.17, 15) is 9.59 Å². The Morgan fingerprint density at radius 2 is 1.10 bits per heavy atom. The van der Waals surface area contributed by atoms with Crippen LogP contribution in [0.5, 0.6) is 0 Å². The third-order valence-electron chi connectivity index (χ3n) is 8.77. The van der Waals surface area contributed by atoms with Crippen LogP contribution in [0.3, 0.4) is 0 Å². The minimum absolute atomic E-state index is 0.000105. The second kappa shape index (κ2) is 14.7. The first-order valence-corrected chi connectivity index (χ1v) is 18.6. The Labute approximate surface area is 281 Å². The van der Waals surface area contributed by atoms with Crippen molar-refractivity contribution in [1.29, 1.82) is 0 Å². The number of hydrogen-bond donors (Lipinski definition) is 2. The number of fused-ring (bicyclic) bond motifs is 2. The molecule has 2 aliphatic heterocycles. The molecule has 230 valence electrons. The quantitative estimate of drug-likeness (QED) is 0.144. The minimum Gasteiger partial charge on any atom is -0.327 e. The standard InChI is InChI=1S/C32H44N2O2S6/c1-31(2,13-15-33-27(37)19-25-23(29(33)39)9-17-41-25)11-7-21(35)5-6-22(36)8-12-32(3,4)14-16-34-28(38)20-26-24(30(34)40)10-18-42-26/h19-20,39-40H,5-18H2,1-4H3. The van der Waals surface area contributed by atoms with Crippen LogP contribution in [0.4, 0.5) is 0 Å². The maximum atomic E-state index is 12.7. The van der Waals surface area contributed by atoms with E-state index in [0.717, 1.165) is 82.5 Å². The monoisotopic (exact) mass is 680 g/mol. The summed E-state index contributed by atoms with van der Waals surface area (Å²) in [5.74, 6) is 2.55. The van der Waals surface area contributed by atoms with Gasteiger partial charge < -0.3 is 9.13 Å². The Morgan fingerprint density at radius 3 is 1.48 bits per heavy atom. The summed E-state index contributed by atoms with van der Waals surface area (Å²) >= 11 is 24.6. The summed E-state index contributed by atoms with van der Waals surface area (Å²) < 4.78 is 5.95. The third kappa shape index (κ3) is 9.03. The molecule has 0 aromatic carbocycles. The van der Waals surface area contributed by atoms with Crippen molar-refractivity contribution in [2.45, 2.75) is 125 Å². The van der Waals surface area contributed by atoms with E-state index in [4.69, 9.17) is 49.7 Å². The number of thiol groups is 2. The normalized spacial score (nSPS) is 14.7. The van der Waals surface area contributed by atoms with Crippen LogP contribution < -0.4 is 0 Å². The highest BCUT2D eigenvalue weighted by Gasteiger charge is 2.24. The van der Waals surface area contributed by atoms with Crippen LogP contribution in [0, 0.1) is 20.1 Å². The van der Waals surface area contributed by atoms with Crippen molar-refractivity contribution < 1.29 is 9.59 Å². The molecule has 10 heteroatoms. The van der Waals surface area contributed by atoms with Crippen molar-refractivity contribution in [3.05, 3.63) is 32.5 Å². The molecule has 2 aromatic heterocycles. The molecule has 0 spiro atoms. The molecule has 0 fully saturated rings. The molecule has 0 saturated heterocycles. The maximum absolute atomic E-state index is 12.7. The van der Waals surface area contributed by atoms with E-state index in [0.29, 0.717) is 25.7 Å². The number of pyridine rings is 2. The van der Waals surface area contributed by atoms with E-state index >= 15 is 0 Å². The van der Waals surface area contributed by atoms with Gasteiger partial charge in [0.15, 0.2) is 0 Å². The lowest BCUT2D eigenvalue weighted by atomic mass is 9.82. The lowest BCUT2D eigenvalue weighted by molar-refractivity contribution is -0.124. The molecule has 4 nitrogen and oxygen atoms in total. The first kappa shape index (κ1) is 34.4. The summed E-state index contributed by atoms with van der Waals surface area (Å²) in [7, 11) is 0. The lowest BCUT2D eigenvalue weighted by Crippen LogP contribution is -2.19. The molecule has 0 radical (unpaired) electrons. The van der Waals surface area contributed by atoms with Crippen molar-refractivity contribution in [3.63, 3.8) is 0 Å². The number of Topliss-reactive ketones (excluding diaryl/α,β-unsaturated/α-hetero) is 2. The van der Waals surface area contributed by atoms with Gasteiger partial charge in [-0.05, 0) is 72.6 Å². The van der Waals surface area contributed by atoms with Crippen LogP contribution in [0.25, 0.3) is 0 Å². The second-order valence-corrected chi connectivity index (χ2v) is 17.2. The van der Waals surface area contributed by atoms with Gasteiger partial charge in [0.25, 0.3) is 0 Å². The highest BCUT2D eigenvalue weighted by Crippen LogP contribution is 2.38. The van der Waals surface area contributed by atoms with Gasteiger partial charge in [-0.1, -0.05) is 52.1 Å². The summed E-state index contributed by atoms with van der Waals surface area (Å²) in [6, 6.07) is 4.22. The molecule has 0 aliphatic carbocycles. The van der Waals surface area contributed by atoms with Gasteiger partial charge in [-0.15, -0.1) is 48.8 Å². The molecule has 0 bridgehead atoms. The van der Waals surface area contributed by atoms with E-state index in [1.165, 1.54) is 20.9 Å². The largest absolute Gasteiger partial charge is 0.327 e. The average molecular weight is 681 g/mol. The lowest BCUT2D eigenvalue weighted by Gasteiger charge is -2.26. The molecule has 0 atom stereocenters. The summed E-state index contributed by atoms with van der Waals surface area (Å²) in [4.78, 5) is 27.9. The molecule has 0 unspecified atom stereocenters. The Hall–Kier alpha value is -0.520. The fraction of sp³-hybridized carbons (Fsp3) is 0.625. The number of thioether (sulfide) groups is 2. The first-order valence-electron chi connectivity index (χ1n) is 15.0. The van der Waals surface area contributed by atoms with Gasteiger partial charge in [0.1, 0.15) is 20.8 Å². The zero-order valence-electron chi connectivity index (χ0n) is 25.3. The summed E-state index contributed by atoms with van der Waals surface area (Å²) in [6.07, 6.45) is 7.25. The van der Waals surface area contributed by atoms with Crippen LogP contribution in [-0.2, 0) is 35.5 Å². The molecule has 2 aliphatic rings. The Balaban J connectivity index is 1.17. The molecule has 0 saturated carbocycles. The summed E-state index contributed by atoms with van der Waals surface area (Å²) in [5, 5.41) is 1.99.